The van der Waals surface area contributed by atoms with Crippen LogP contribution in [0.1, 0.15) is 11.3 Å². The molecule has 104 valence electrons. The number of hydrogen-bond donors (Lipinski definition) is 0. The second-order valence-electron chi connectivity index (χ2n) is 4.26. The molecule has 0 spiro atoms. The van der Waals surface area contributed by atoms with Gasteiger partial charge in [-0.05, 0) is 30.7 Å². The summed E-state index contributed by atoms with van der Waals surface area (Å²) in [7, 11) is 0. The number of benzene rings is 1. The van der Waals surface area contributed by atoms with Crippen LogP contribution in [-0.2, 0) is 6.54 Å². The Labute approximate surface area is 124 Å². The van der Waals surface area contributed by atoms with Crippen molar-refractivity contribution in [2.75, 3.05) is 0 Å². The Kier molecular flexibility index (Phi) is 4.11. The van der Waals surface area contributed by atoms with Crippen molar-refractivity contribution in [3.05, 3.63) is 72.1 Å². The highest BCUT2D eigenvalue weighted by molar-refractivity contribution is 6.42. The molecule has 0 saturated carbocycles. The van der Waals surface area contributed by atoms with Crippen LogP contribution in [0, 0.1) is 17.0 Å². The van der Waals surface area contributed by atoms with E-state index in [9.17, 15) is 14.9 Å². The summed E-state index contributed by atoms with van der Waals surface area (Å²) in [6.07, 6.45) is 0. The standard InChI is InChI=1S/C13H10Cl2N2O3/c1-8-2-5-12(17(19)20)13(18)16(8)7-9-3-4-10(14)11(15)6-9/h2-6H,7H2,1H3. The molecule has 5 nitrogen and oxygen atoms in total. The zero-order valence-electron chi connectivity index (χ0n) is 10.5. The van der Waals surface area contributed by atoms with Gasteiger partial charge in [0.15, 0.2) is 0 Å². The maximum atomic E-state index is 12.0. The summed E-state index contributed by atoms with van der Waals surface area (Å²) in [4.78, 5) is 22.2. The van der Waals surface area contributed by atoms with Gasteiger partial charge in [0.1, 0.15) is 0 Å². The fraction of sp³-hybridized carbons (Fsp3) is 0.154. The Morgan fingerprint density at radius 1 is 1.20 bits per heavy atom. The molecule has 0 aliphatic carbocycles. The smallest absolute Gasteiger partial charge is 0.303 e. The first-order valence-corrected chi connectivity index (χ1v) is 6.44. The highest BCUT2D eigenvalue weighted by Gasteiger charge is 2.15. The summed E-state index contributed by atoms with van der Waals surface area (Å²) in [5.74, 6) is 0. The summed E-state index contributed by atoms with van der Waals surface area (Å²) >= 11 is 11.7. The fourth-order valence-electron chi connectivity index (χ4n) is 1.82. The van der Waals surface area contributed by atoms with Crippen molar-refractivity contribution in [1.82, 2.24) is 4.57 Å². The number of pyridine rings is 1. The monoisotopic (exact) mass is 312 g/mol. The maximum Gasteiger partial charge on any atom is 0.334 e. The van der Waals surface area contributed by atoms with E-state index in [0.717, 1.165) is 5.56 Å². The van der Waals surface area contributed by atoms with E-state index in [0.29, 0.717) is 15.7 Å². The number of aryl methyl sites for hydroxylation is 1. The van der Waals surface area contributed by atoms with Crippen molar-refractivity contribution < 1.29 is 4.92 Å². The number of hydrogen-bond acceptors (Lipinski definition) is 3. The Morgan fingerprint density at radius 2 is 1.90 bits per heavy atom. The lowest BCUT2D eigenvalue weighted by Crippen LogP contribution is -2.24. The molecule has 0 atom stereocenters. The van der Waals surface area contributed by atoms with Gasteiger partial charge in [0.05, 0.1) is 21.5 Å². The van der Waals surface area contributed by atoms with Crippen LogP contribution in [-0.4, -0.2) is 9.49 Å². The van der Waals surface area contributed by atoms with Crippen LogP contribution >= 0.6 is 23.2 Å². The zero-order valence-corrected chi connectivity index (χ0v) is 12.0. The second kappa shape index (κ2) is 5.64. The van der Waals surface area contributed by atoms with E-state index < -0.39 is 16.2 Å². The van der Waals surface area contributed by atoms with Crippen LogP contribution in [0.15, 0.2) is 35.1 Å². The fourth-order valence-corrected chi connectivity index (χ4v) is 2.14. The van der Waals surface area contributed by atoms with Gasteiger partial charge in [-0.15, -0.1) is 0 Å². The van der Waals surface area contributed by atoms with Gasteiger partial charge in [-0.2, -0.15) is 0 Å². The van der Waals surface area contributed by atoms with Crippen molar-refractivity contribution in [2.24, 2.45) is 0 Å². The molecule has 0 fully saturated rings. The molecule has 0 bridgehead atoms. The lowest BCUT2D eigenvalue weighted by atomic mass is 10.2. The molecular weight excluding hydrogens is 303 g/mol. The highest BCUT2D eigenvalue weighted by Crippen LogP contribution is 2.23. The predicted molar refractivity (Wildman–Crippen MR) is 77.7 cm³/mol. The van der Waals surface area contributed by atoms with Crippen LogP contribution < -0.4 is 5.56 Å². The predicted octanol–water partition coefficient (Wildman–Crippen LogP) is 3.42. The summed E-state index contributed by atoms with van der Waals surface area (Å²) in [6.45, 7) is 1.91. The summed E-state index contributed by atoms with van der Waals surface area (Å²) in [5, 5.41) is 11.6. The first-order chi connectivity index (χ1) is 9.40. The average molecular weight is 313 g/mol. The summed E-state index contributed by atoms with van der Waals surface area (Å²) < 4.78 is 1.33. The SMILES string of the molecule is Cc1ccc([N+](=O)[O-])c(=O)n1Cc1ccc(Cl)c(Cl)c1. The van der Waals surface area contributed by atoms with E-state index >= 15 is 0 Å². The van der Waals surface area contributed by atoms with Crippen LogP contribution in [0.25, 0.3) is 0 Å². The zero-order chi connectivity index (χ0) is 14.9. The van der Waals surface area contributed by atoms with E-state index in [1.165, 1.54) is 16.7 Å². The van der Waals surface area contributed by atoms with Crippen LogP contribution in [0.5, 0.6) is 0 Å². The van der Waals surface area contributed by atoms with E-state index in [2.05, 4.69) is 0 Å². The largest absolute Gasteiger partial charge is 0.334 e. The van der Waals surface area contributed by atoms with Gasteiger partial charge >= 0.3 is 11.2 Å². The Balaban J connectivity index is 2.48. The first-order valence-electron chi connectivity index (χ1n) is 5.69. The van der Waals surface area contributed by atoms with Crippen LogP contribution in [0.4, 0.5) is 5.69 Å². The van der Waals surface area contributed by atoms with Crippen LogP contribution in [0.3, 0.4) is 0 Å². The van der Waals surface area contributed by atoms with E-state index in [-0.39, 0.29) is 6.54 Å². The minimum absolute atomic E-state index is 0.198. The normalized spacial score (nSPS) is 10.6. The molecule has 0 radical (unpaired) electrons. The minimum Gasteiger partial charge on any atom is -0.303 e. The number of nitro groups is 1. The molecule has 0 unspecified atom stereocenters. The van der Waals surface area contributed by atoms with Gasteiger partial charge in [0.2, 0.25) is 0 Å². The average Bonchev–Trinajstić information content (AvgIpc) is 2.38. The molecular formula is C13H10Cl2N2O3. The highest BCUT2D eigenvalue weighted by atomic mass is 35.5. The number of nitrogens with zero attached hydrogens (tertiary/aromatic N) is 2. The van der Waals surface area contributed by atoms with Crippen molar-refractivity contribution in [3.8, 4) is 0 Å². The molecule has 0 aliphatic heterocycles. The summed E-state index contributed by atoms with van der Waals surface area (Å²) in [6, 6.07) is 7.73. The molecule has 0 amide bonds. The van der Waals surface area contributed by atoms with Crippen molar-refractivity contribution in [2.45, 2.75) is 13.5 Å². The van der Waals surface area contributed by atoms with Gasteiger partial charge in [-0.3, -0.25) is 14.9 Å². The quantitative estimate of drug-likeness (QED) is 0.644. The summed E-state index contributed by atoms with van der Waals surface area (Å²) in [5.41, 5.74) is 0.286. The molecule has 7 heteroatoms. The first kappa shape index (κ1) is 14.6. The van der Waals surface area contributed by atoms with Crippen molar-refractivity contribution in [3.63, 3.8) is 0 Å². The molecule has 0 aliphatic rings. The number of aromatic nitrogens is 1. The topological polar surface area (TPSA) is 65.1 Å². The number of halogens is 2. The van der Waals surface area contributed by atoms with Crippen molar-refractivity contribution >= 4 is 28.9 Å². The minimum atomic E-state index is -0.687. The van der Waals surface area contributed by atoms with Gasteiger partial charge in [0, 0.05) is 11.8 Å². The van der Waals surface area contributed by atoms with E-state index in [1.807, 2.05) is 0 Å². The molecule has 1 heterocycles. The van der Waals surface area contributed by atoms with E-state index in [4.69, 9.17) is 23.2 Å². The van der Waals surface area contributed by atoms with Crippen molar-refractivity contribution in [1.29, 1.82) is 0 Å². The third-order valence-corrected chi connectivity index (χ3v) is 3.63. The molecule has 20 heavy (non-hydrogen) atoms. The molecule has 1 aromatic carbocycles. The lowest BCUT2D eigenvalue weighted by molar-refractivity contribution is -0.386. The third kappa shape index (κ3) is 2.84. The van der Waals surface area contributed by atoms with Gasteiger partial charge in [-0.25, -0.2) is 0 Å². The number of rotatable bonds is 3. The lowest BCUT2D eigenvalue weighted by Gasteiger charge is -2.10. The van der Waals surface area contributed by atoms with Gasteiger partial charge in [0.25, 0.3) is 0 Å². The second-order valence-corrected chi connectivity index (χ2v) is 5.07. The Hall–Kier alpha value is -1.85. The Morgan fingerprint density at radius 3 is 2.50 bits per heavy atom. The van der Waals surface area contributed by atoms with E-state index in [1.54, 1.807) is 25.1 Å². The van der Waals surface area contributed by atoms with Gasteiger partial charge in [-0.1, -0.05) is 29.3 Å². The maximum absolute atomic E-state index is 12.0. The Bertz CT molecular complexity index is 741. The molecule has 1 aromatic heterocycles. The van der Waals surface area contributed by atoms with Crippen LogP contribution in [0.2, 0.25) is 10.0 Å². The third-order valence-electron chi connectivity index (χ3n) is 2.89. The van der Waals surface area contributed by atoms with Gasteiger partial charge < -0.3 is 4.57 Å². The molecule has 2 aromatic rings. The molecule has 0 N–H and O–H groups in total. The molecule has 0 saturated heterocycles. The molecule has 2 rings (SSSR count).